The van der Waals surface area contributed by atoms with Gasteiger partial charge in [-0.1, -0.05) is 36.8 Å². The maximum Gasteiger partial charge on any atom is 0.326 e. The summed E-state index contributed by atoms with van der Waals surface area (Å²) in [5.74, 6) is -0.520. The molecule has 0 bridgehead atoms. The molecule has 0 saturated carbocycles. The van der Waals surface area contributed by atoms with Gasteiger partial charge in [0.25, 0.3) is 5.91 Å². The minimum absolute atomic E-state index is 0.0307. The van der Waals surface area contributed by atoms with Crippen LogP contribution in [0.3, 0.4) is 0 Å². The molecule has 9 nitrogen and oxygen atoms in total. The van der Waals surface area contributed by atoms with Crippen LogP contribution in [0, 0.1) is 5.92 Å². The van der Waals surface area contributed by atoms with E-state index in [9.17, 15) is 23.5 Å². The average molecular weight is 527 g/mol. The van der Waals surface area contributed by atoms with Crippen LogP contribution in [0.4, 0.5) is 5.69 Å². The minimum Gasteiger partial charge on any atom is -0.772 e. The van der Waals surface area contributed by atoms with Crippen molar-refractivity contribution in [3.05, 3.63) is 59.7 Å². The number of carbonyl (C=O) groups excluding carboxylic acids is 1. The van der Waals surface area contributed by atoms with Gasteiger partial charge in [0.15, 0.2) is 0 Å². The molecule has 1 fully saturated rings. The van der Waals surface area contributed by atoms with Crippen LogP contribution in [0.25, 0.3) is 0 Å². The molecule has 37 heavy (non-hydrogen) atoms. The number of fused-ring (bicyclic) bond motifs is 1. The molecule has 2 heterocycles. The van der Waals surface area contributed by atoms with E-state index in [1.807, 2.05) is 0 Å². The highest BCUT2D eigenvalue weighted by atomic mass is 32.2. The van der Waals surface area contributed by atoms with Gasteiger partial charge < -0.3 is 25.0 Å². The molecule has 4 rings (SSSR count). The maximum absolute atomic E-state index is 12.9. The summed E-state index contributed by atoms with van der Waals surface area (Å²) in [6.45, 7) is 2.86. The summed E-state index contributed by atoms with van der Waals surface area (Å²) >= 11 is -2.63. The number of nitrogens with zero attached hydrogens (tertiary/aromatic N) is 1. The fourth-order valence-electron chi connectivity index (χ4n) is 4.80. The van der Waals surface area contributed by atoms with Gasteiger partial charge >= 0.3 is 5.97 Å². The standard InChI is InChI=1S/C27H33N3O6S/c31-26(24-25(37(34)35)21-6-1-2-7-22(21)29-24)30-23(27(32)33)17-19-8-10-20(11-9-19)36-16-4-3-5-18-12-14-28-15-13-18/h1-2,6-11,18,23,25,28H,3-5,12-17H2,(H,30,31)(H,32,33)(H,34,35)/p-1/t23-,25?/m0/s1. The number of aliphatic imine (C=N–C) groups is 1. The summed E-state index contributed by atoms with van der Waals surface area (Å²) in [6, 6.07) is 12.4. The largest absolute Gasteiger partial charge is 0.772 e. The summed E-state index contributed by atoms with van der Waals surface area (Å²) in [4.78, 5) is 28.9. The number of carboxylic acid groups (broad SMARTS) is 1. The Morgan fingerprint density at radius 1 is 1.14 bits per heavy atom. The predicted octanol–water partition coefficient (Wildman–Crippen LogP) is 3.05. The number of aliphatic carboxylic acids is 1. The Morgan fingerprint density at radius 3 is 2.57 bits per heavy atom. The summed E-state index contributed by atoms with van der Waals surface area (Å²) in [5.41, 5.74) is 1.25. The van der Waals surface area contributed by atoms with Crippen LogP contribution < -0.4 is 15.4 Å². The highest BCUT2D eigenvalue weighted by Crippen LogP contribution is 2.36. The third-order valence-electron chi connectivity index (χ3n) is 6.83. The number of hydrogen-bond acceptors (Lipinski definition) is 7. The van der Waals surface area contributed by atoms with Crippen molar-refractivity contribution < 1.29 is 28.2 Å². The number of unbranched alkanes of at least 4 members (excludes halogenated alkanes) is 1. The molecule has 2 aromatic carbocycles. The first-order valence-corrected chi connectivity index (χ1v) is 13.8. The number of benzene rings is 2. The fourth-order valence-corrected chi connectivity index (χ4v) is 5.55. The smallest absolute Gasteiger partial charge is 0.326 e. The number of carbonyl (C=O) groups is 2. The topological polar surface area (TPSA) is 140 Å². The quantitative estimate of drug-likeness (QED) is 0.285. The van der Waals surface area contributed by atoms with Crippen molar-refractivity contribution in [2.24, 2.45) is 10.9 Å². The van der Waals surface area contributed by atoms with Gasteiger partial charge in [0.2, 0.25) is 0 Å². The second-order valence-electron chi connectivity index (χ2n) is 9.45. The molecule has 3 atom stereocenters. The van der Waals surface area contributed by atoms with E-state index in [1.165, 1.54) is 19.3 Å². The molecule has 2 unspecified atom stereocenters. The van der Waals surface area contributed by atoms with Crippen LogP contribution in [-0.4, -0.2) is 57.2 Å². The highest BCUT2D eigenvalue weighted by molar-refractivity contribution is 7.80. The summed E-state index contributed by atoms with van der Waals surface area (Å²) < 4.78 is 29.5. The normalized spacial score (nSPS) is 18.9. The maximum atomic E-state index is 12.9. The van der Waals surface area contributed by atoms with Crippen LogP contribution in [0.5, 0.6) is 5.75 Å². The van der Waals surface area contributed by atoms with E-state index in [0.717, 1.165) is 31.8 Å². The lowest BCUT2D eigenvalue weighted by Crippen LogP contribution is -2.46. The molecule has 0 spiro atoms. The molecular weight excluding hydrogens is 494 g/mol. The number of carboxylic acids is 1. The summed E-state index contributed by atoms with van der Waals surface area (Å²) in [5, 5.41) is 14.3. The zero-order valence-corrected chi connectivity index (χ0v) is 21.4. The van der Waals surface area contributed by atoms with Gasteiger partial charge in [0, 0.05) is 6.42 Å². The van der Waals surface area contributed by atoms with Crippen molar-refractivity contribution >= 4 is 34.4 Å². The number of ether oxygens (including phenoxy) is 1. The zero-order chi connectivity index (χ0) is 26.2. The Labute approximate surface area is 219 Å². The molecule has 2 aliphatic heterocycles. The molecule has 10 heteroatoms. The average Bonchev–Trinajstić information content (AvgIpc) is 3.30. The Hall–Kier alpha value is -3.08. The second-order valence-corrected chi connectivity index (χ2v) is 10.4. The number of rotatable bonds is 12. The van der Waals surface area contributed by atoms with Crippen LogP contribution in [0.2, 0.25) is 0 Å². The van der Waals surface area contributed by atoms with Crippen molar-refractivity contribution in [3.63, 3.8) is 0 Å². The van der Waals surface area contributed by atoms with E-state index in [0.29, 0.717) is 29.2 Å². The van der Waals surface area contributed by atoms with Gasteiger partial charge in [-0.15, -0.1) is 0 Å². The van der Waals surface area contributed by atoms with E-state index in [4.69, 9.17) is 4.74 Å². The first-order valence-electron chi connectivity index (χ1n) is 12.6. The van der Waals surface area contributed by atoms with Gasteiger partial charge in [-0.3, -0.25) is 9.00 Å². The lowest BCUT2D eigenvalue weighted by molar-refractivity contribution is -0.141. The summed E-state index contributed by atoms with van der Waals surface area (Å²) in [7, 11) is 0. The van der Waals surface area contributed by atoms with Crippen molar-refractivity contribution in [1.82, 2.24) is 10.6 Å². The third-order valence-corrected chi connectivity index (χ3v) is 7.70. The van der Waals surface area contributed by atoms with Crippen molar-refractivity contribution in [1.29, 1.82) is 0 Å². The molecule has 198 valence electrons. The van der Waals surface area contributed by atoms with Gasteiger partial charge in [0.1, 0.15) is 17.5 Å². The first kappa shape index (κ1) is 27.0. The Balaban J connectivity index is 1.28. The Kier molecular flexibility index (Phi) is 9.43. The molecule has 3 N–H and O–H groups in total. The molecular formula is C27H32N3O6S-. The molecule has 0 radical (unpaired) electrons. The van der Waals surface area contributed by atoms with Gasteiger partial charge in [-0.2, -0.15) is 0 Å². The first-order chi connectivity index (χ1) is 17.9. The molecule has 1 amide bonds. The number of nitrogens with one attached hydrogen (secondary N) is 2. The molecule has 2 aliphatic rings. The third kappa shape index (κ3) is 7.24. The van der Waals surface area contributed by atoms with Crippen LogP contribution >= 0.6 is 0 Å². The van der Waals surface area contributed by atoms with E-state index in [2.05, 4.69) is 15.6 Å². The van der Waals surface area contributed by atoms with Crippen molar-refractivity contribution in [2.75, 3.05) is 19.7 Å². The molecule has 0 aliphatic carbocycles. The number of para-hydroxylation sites is 1. The molecule has 1 saturated heterocycles. The van der Waals surface area contributed by atoms with Crippen molar-refractivity contribution in [3.8, 4) is 5.75 Å². The fraction of sp³-hybridized carbons (Fsp3) is 0.444. The highest BCUT2D eigenvalue weighted by Gasteiger charge is 2.34. The monoisotopic (exact) mass is 526 g/mol. The van der Waals surface area contributed by atoms with E-state index >= 15 is 0 Å². The van der Waals surface area contributed by atoms with E-state index < -0.39 is 34.2 Å². The SMILES string of the molecule is O=C(N[C@@H](Cc1ccc(OCCCCC2CCNCC2)cc1)C(=O)O)C1=Nc2ccccc2C1S(=O)[O-]. The van der Waals surface area contributed by atoms with Crippen molar-refractivity contribution in [2.45, 2.75) is 49.8 Å². The second kappa shape index (κ2) is 12.9. The van der Waals surface area contributed by atoms with E-state index in [1.54, 1.807) is 48.5 Å². The minimum atomic E-state index is -2.63. The van der Waals surface area contributed by atoms with Crippen LogP contribution in [0.1, 0.15) is 48.5 Å². The Morgan fingerprint density at radius 2 is 1.86 bits per heavy atom. The van der Waals surface area contributed by atoms with Crippen LogP contribution in [-0.2, 0) is 27.1 Å². The van der Waals surface area contributed by atoms with Crippen LogP contribution in [0.15, 0.2) is 53.5 Å². The molecule has 0 aromatic heterocycles. The number of hydrogen-bond donors (Lipinski definition) is 3. The van der Waals surface area contributed by atoms with Gasteiger partial charge in [-0.05, 0) is 85.1 Å². The van der Waals surface area contributed by atoms with Gasteiger partial charge in [0.05, 0.1) is 17.5 Å². The Bertz CT molecular complexity index is 1150. The molecule has 2 aromatic rings. The number of piperidine rings is 1. The van der Waals surface area contributed by atoms with E-state index in [-0.39, 0.29) is 12.1 Å². The number of amides is 1. The lowest BCUT2D eigenvalue weighted by atomic mass is 9.93. The predicted molar refractivity (Wildman–Crippen MR) is 140 cm³/mol. The zero-order valence-electron chi connectivity index (χ0n) is 20.6. The van der Waals surface area contributed by atoms with Gasteiger partial charge in [-0.25, -0.2) is 9.79 Å². The summed E-state index contributed by atoms with van der Waals surface area (Å²) in [6.07, 6.45) is 5.89. The lowest BCUT2D eigenvalue weighted by Gasteiger charge is -2.22.